The number of benzene rings is 1. The topological polar surface area (TPSA) is 0 Å². The van der Waals surface area contributed by atoms with Crippen LogP contribution in [0.1, 0.15) is 0 Å². The van der Waals surface area contributed by atoms with Gasteiger partial charge in [-0.25, -0.2) is 0 Å². The first-order chi connectivity index (χ1) is 4.95. The summed E-state index contributed by atoms with van der Waals surface area (Å²) < 4.78 is 0.836. The normalized spacial score (nSPS) is 22.6. The maximum Gasteiger partial charge on any atom is 0.0641 e. The molecular weight excluding hydrogens is 160 g/mol. The fourth-order valence-corrected chi connectivity index (χ4v) is 2.50. The van der Waals surface area contributed by atoms with Crippen molar-refractivity contribution in [2.24, 2.45) is 0 Å². The van der Waals surface area contributed by atoms with E-state index < -0.39 is 0 Å². The van der Waals surface area contributed by atoms with Gasteiger partial charge < -0.3 is 0 Å². The molecule has 1 radical (unpaired) electrons. The smallest absolute Gasteiger partial charge is 0.0641 e. The summed E-state index contributed by atoms with van der Waals surface area (Å²) in [6.07, 6.45) is 0. The van der Waals surface area contributed by atoms with Gasteiger partial charge in [-0.15, -0.1) is 23.5 Å². The van der Waals surface area contributed by atoms with Gasteiger partial charge in [0.25, 0.3) is 0 Å². The summed E-state index contributed by atoms with van der Waals surface area (Å²) in [6.45, 7) is 0. The number of hydrogen-bond donors (Lipinski definition) is 0. The molecule has 2 heteroatoms. The Morgan fingerprint density at radius 2 is 2.20 bits per heavy atom. The molecule has 0 bridgehead atoms. The van der Waals surface area contributed by atoms with E-state index in [1.54, 1.807) is 0 Å². The molecule has 1 aliphatic heterocycles. The van der Waals surface area contributed by atoms with E-state index in [4.69, 9.17) is 0 Å². The molecule has 1 unspecified atom stereocenters. The SMILES string of the molecule is [c]1ccc(SC2CS2)cc1. The van der Waals surface area contributed by atoms with Crippen LogP contribution >= 0.6 is 23.5 Å². The summed E-state index contributed by atoms with van der Waals surface area (Å²) in [6, 6.07) is 11.2. The minimum Gasteiger partial charge on any atom is -0.144 e. The number of thioether (sulfide) groups is 2. The highest BCUT2D eigenvalue weighted by Gasteiger charge is 2.22. The fraction of sp³-hybridized carbons (Fsp3) is 0.250. The zero-order valence-electron chi connectivity index (χ0n) is 5.41. The highest BCUT2D eigenvalue weighted by Crippen LogP contribution is 2.43. The molecule has 0 saturated carbocycles. The Balaban J connectivity index is 2.03. The van der Waals surface area contributed by atoms with E-state index in [0.29, 0.717) is 0 Å². The molecule has 1 atom stereocenters. The molecule has 51 valence electrons. The number of hydrogen-bond acceptors (Lipinski definition) is 2. The molecule has 0 aliphatic carbocycles. The van der Waals surface area contributed by atoms with Gasteiger partial charge in [0.05, 0.1) is 4.58 Å². The second-order valence-electron chi connectivity index (χ2n) is 2.12. The maximum absolute atomic E-state index is 3.01. The van der Waals surface area contributed by atoms with E-state index in [2.05, 4.69) is 18.2 Å². The maximum atomic E-state index is 3.01. The first-order valence-electron chi connectivity index (χ1n) is 3.19. The third-order valence-corrected chi connectivity index (χ3v) is 3.78. The predicted octanol–water partition coefficient (Wildman–Crippen LogP) is 2.65. The van der Waals surface area contributed by atoms with Crippen molar-refractivity contribution in [1.29, 1.82) is 0 Å². The van der Waals surface area contributed by atoms with Crippen LogP contribution in [0.15, 0.2) is 29.2 Å². The van der Waals surface area contributed by atoms with Gasteiger partial charge in [-0.3, -0.25) is 0 Å². The van der Waals surface area contributed by atoms with Crippen molar-refractivity contribution in [3.05, 3.63) is 30.3 Å². The van der Waals surface area contributed by atoms with Crippen LogP contribution in [0.2, 0.25) is 0 Å². The molecule has 1 saturated heterocycles. The molecule has 2 rings (SSSR count). The van der Waals surface area contributed by atoms with Gasteiger partial charge >= 0.3 is 0 Å². The largest absolute Gasteiger partial charge is 0.144 e. The zero-order chi connectivity index (χ0) is 6.81. The lowest BCUT2D eigenvalue weighted by Gasteiger charge is -1.94. The van der Waals surface area contributed by atoms with E-state index in [0.717, 1.165) is 4.58 Å². The summed E-state index contributed by atoms with van der Waals surface area (Å²) in [7, 11) is 0. The summed E-state index contributed by atoms with van der Waals surface area (Å²) in [5.74, 6) is 1.32. The molecule has 0 N–H and O–H groups in total. The molecule has 1 fully saturated rings. The summed E-state index contributed by atoms with van der Waals surface area (Å²) in [5.41, 5.74) is 0. The minimum atomic E-state index is 0.836. The Morgan fingerprint density at radius 1 is 1.50 bits per heavy atom. The van der Waals surface area contributed by atoms with Gasteiger partial charge in [0.15, 0.2) is 0 Å². The Hall–Kier alpha value is -0.0800. The average Bonchev–Trinajstić information content (AvgIpc) is 2.74. The first kappa shape index (κ1) is 6.62. The highest BCUT2D eigenvalue weighted by molar-refractivity contribution is 8.23. The van der Waals surface area contributed by atoms with E-state index in [1.165, 1.54) is 10.6 Å². The van der Waals surface area contributed by atoms with Crippen LogP contribution in [0.5, 0.6) is 0 Å². The van der Waals surface area contributed by atoms with Crippen LogP contribution in [0.3, 0.4) is 0 Å². The quantitative estimate of drug-likeness (QED) is 0.621. The van der Waals surface area contributed by atoms with E-state index >= 15 is 0 Å². The summed E-state index contributed by atoms with van der Waals surface area (Å²) >= 11 is 3.97. The zero-order valence-corrected chi connectivity index (χ0v) is 7.04. The lowest BCUT2D eigenvalue weighted by molar-refractivity contribution is 1.44. The van der Waals surface area contributed by atoms with Crippen molar-refractivity contribution in [2.45, 2.75) is 9.48 Å². The van der Waals surface area contributed by atoms with Gasteiger partial charge in [-0.05, 0) is 18.2 Å². The molecule has 1 aromatic rings. The predicted molar refractivity (Wildman–Crippen MR) is 47.4 cm³/mol. The summed E-state index contributed by atoms with van der Waals surface area (Å²) in [4.78, 5) is 1.37. The Bertz CT molecular complexity index is 204. The second kappa shape index (κ2) is 2.89. The Kier molecular flexibility index (Phi) is 1.91. The molecule has 10 heavy (non-hydrogen) atoms. The lowest BCUT2D eigenvalue weighted by atomic mass is 10.4. The van der Waals surface area contributed by atoms with Gasteiger partial charge in [0.1, 0.15) is 0 Å². The van der Waals surface area contributed by atoms with Gasteiger partial charge in [0, 0.05) is 10.6 Å². The van der Waals surface area contributed by atoms with E-state index in [9.17, 15) is 0 Å². The van der Waals surface area contributed by atoms with Crippen molar-refractivity contribution in [1.82, 2.24) is 0 Å². The van der Waals surface area contributed by atoms with E-state index in [-0.39, 0.29) is 0 Å². The molecule has 0 nitrogen and oxygen atoms in total. The Labute approximate surface area is 69.4 Å². The standard InChI is InChI=1S/C8H7S2/c1-2-4-7(5-3-1)10-8-6-9-8/h2-5,8H,6H2. The third kappa shape index (κ3) is 1.70. The lowest BCUT2D eigenvalue weighted by Crippen LogP contribution is -1.73. The fourth-order valence-electron chi connectivity index (χ4n) is 0.709. The van der Waals surface area contributed by atoms with Crippen molar-refractivity contribution >= 4 is 23.5 Å². The van der Waals surface area contributed by atoms with Crippen LogP contribution < -0.4 is 0 Å². The molecular formula is C8H7S2. The summed E-state index contributed by atoms with van der Waals surface area (Å²) in [5, 5.41) is 0. The van der Waals surface area contributed by atoms with Crippen LogP contribution in [-0.2, 0) is 0 Å². The van der Waals surface area contributed by atoms with Gasteiger partial charge in [0.2, 0.25) is 0 Å². The van der Waals surface area contributed by atoms with Gasteiger partial charge in [-0.2, -0.15) is 0 Å². The monoisotopic (exact) mass is 167 g/mol. The second-order valence-corrected chi connectivity index (χ2v) is 4.93. The van der Waals surface area contributed by atoms with Crippen molar-refractivity contribution in [2.75, 3.05) is 5.75 Å². The van der Waals surface area contributed by atoms with Gasteiger partial charge in [-0.1, -0.05) is 12.1 Å². The third-order valence-electron chi connectivity index (χ3n) is 1.26. The van der Waals surface area contributed by atoms with Crippen molar-refractivity contribution < 1.29 is 0 Å². The van der Waals surface area contributed by atoms with E-state index in [1.807, 2.05) is 35.7 Å². The van der Waals surface area contributed by atoms with Crippen LogP contribution in [0.25, 0.3) is 0 Å². The van der Waals surface area contributed by atoms with Crippen molar-refractivity contribution in [3.63, 3.8) is 0 Å². The molecule has 0 aromatic heterocycles. The first-order valence-corrected chi connectivity index (χ1v) is 5.12. The molecule has 1 heterocycles. The van der Waals surface area contributed by atoms with Crippen molar-refractivity contribution in [3.8, 4) is 0 Å². The van der Waals surface area contributed by atoms with Crippen LogP contribution in [0.4, 0.5) is 0 Å². The molecule has 0 amide bonds. The molecule has 1 aromatic carbocycles. The van der Waals surface area contributed by atoms with Crippen LogP contribution in [0, 0.1) is 6.07 Å². The number of rotatable bonds is 2. The Morgan fingerprint density at radius 3 is 2.80 bits per heavy atom. The molecule has 0 spiro atoms. The highest BCUT2D eigenvalue weighted by atomic mass is 32.2. The average molecular weight is 167 g/mol. The minimum absolute atomic E-state index is 0.836. The van der Waals surface area contributed by atoms with Crippen LogP contribution in [-0.4, -0.2) is 10.3 Å². The molecule has 1 aliphatic rings.